The minimum Gasteiger partial charge on any atom is -0.494 e. The van der Waals surface area contributed by atoms with Crippen LogP contribution in [0.25, 0.3) is 0 Å². The fourth-order valence-corrected chi connectivity index (χ4v) is 1.63. The molecule has 1 heterocycles. The summed E-state index contributed by atoms with van der Waals surface area (Å²) in [5.41, 5.74) is 7.56. The van der Waals surface area contributed by atoms with Crippen LogP contribution < -0.4 is 10.5 Å². The van der Waals surface area contributed by atoms with E-state index in [1.54, 1.807) is 30.6 Å². The smallest absolute Gasteiger partial charge is 0.165 e. The van der Waals surface area contributed by atoms with E-state index in [2.05, 4.69) is 4.98 Å². The van der Waals surface area contributed by atoms with Gasteiger partial charge in [0.05, 0.1) is 13.2 Å². The highest BCUT2D eigenvalue weighted by molar-refractivity contribution is 5.35. The molecule has 3 nitrogen and oxygen atoms in total. The van der Waals surface area contributed by atoms with Crippen molar-refractivity contribution in [3.8, 4) is 5.75 Å². The van der Waals surface area contributed by atoms with Crippen molar-refractivity contribution in [1.29, 1.82) is 0 Å². The van der Waals surface area contributed by atoms with Crippen LogP contribution in [0.1, 0.15) is 17.2 Å². The zero-order chi connectivity index (χ0) is 12.3. The third kappa shape index (κ3) is 2.42. The molecule has 0 radical (unpaired) electrons. The van der Waals surface area contributed by atoms with E-state index in [0.717, 1.165) is 5.56 Å². The van der Waals surface area contributed by atoms with E-state index in [-0.39, 0.29) is 11.8 Å². The standard InChI is InChI=1S/C13H13FN2O/c1-17-12-5-4-9(7-11(12)14)13(15)10-3-2-6-16-8-10/h2-8,13H,15H2,1H3. The lowest BCUT2D eigenvalue weighted by molar-refractivity contribution is 0.386. The minimum atomic E-state index is -0.413. The van der Waals surface area contributed by atoms with Crippen molar-refractivity contribution in [3.05, 3.63) is 59.7 Å². The Bertz CT molecular complexity index is 502. The number of benzene rings is 1. The maximum atomic E-state index is 13.5. The highest BCUT2D eigenvalue weighted by atomic mass is 19.1. The molecule has 0 saturated carbocycles. The second kappa shape index (κ2) is 4.93. The Hall–Kier alpha value is -1.94. The van der Waals surface area contributed by atoms with Crippen molar-refractivity contribution in [2.24, 2.45) is 5.73 Å². The molecule has 1 aromatic heterocycles. The fraction of sp³-hybridized carbons (Fsp3) is 0.154. The Kier molecular flexibility index (Phi) is 3.35. The van der Waals surface area contributed by atoms with Gasteiger partial charge < -0.3 is 10.5 Å². The van der Waals surface area contributed by atoms with Gasteiger partial charge in [0, 0.05) is 12.4 Å². The normalized spacial score (nSPS) is 12.2. The second-order valence-corrected chi connectivity index (χ2v) is 3.66. The van der Waals surface area contributed by atoms with Crippen LogP contribution in [-0.2, 0) is 0 Å². The Morgan fingerprint density at radius 1 is 1.29 bits per heavy atom. The highest BCUT2D eigenvalue weighted by Crippen LogP contribution is 2.24. The van der Waals surface area contributed by atoms with Gasteiger partial charge in [-0.1, -0.05) is 12.1 Å². The number of halogens is 1. The first kappa shape index (κ1) is 11.5. The molecule has 17 heavy (non-hydrogen) atoms. The first-order chi connectivity index (χ1) is 8.22. The molecular weight excluding hydrogens is 219 g/mol. The predicted molar refractivity (Wildman–Crippen MR) is 63.2 cm³/mol. The number of aromatic nitrogens is 1. The van der Waals surface area contributed by atoms with Gasteiger partial charge in [-0.15, -0.1) is 0 Å². The van der Waals surface area contributed by atoms with E-state index in [1.165, 1.54) is 13.2 Å². The molecule has 2 aromatic rings. The van der Waals surface area contributed by atoms with Crippen LogP contribution in [0.4, 0.5) is 4.39 Å². The van der Waals surface area contributed by atoms with Gasteiger partial charge in [-0.05, 0) is 29.3 Å². The summed E-state index contributed by atoms with van der Waals surface area (Å²) in [5.74, 6) is -0.198. The highest BCUT2D eigenvalue weighted by Gasteiger charge is 2.11. The largest absolute Gasteiger partial charge is 0.494 e. The Balaban J connectivity index is 2.32. The molecule has 0 amide bonds. The zero-order valence-corrected chi connectivity index (χ0v) is 9.43. The number of pyridine rings is 1. The molecule has 0 fully saturated rings. The fourth-order valence-electron chi connectivity index (χ4n) is 1.63. The van der Waals surface area contributed by atoms with E-state index in [4.69, 9.17) is 10.5 Å². The van der Waals surface area contributed by atoms with Gasteiger partial charge in [0.1, 0.15) is 0 Å². The monoisotopic (exact) mass is 232 g/mol. The first-order valence-corrected chi connectivity index (χ1v) is 5.21. The third-order valence-corrected chi connectivity index (χ3v) is 2.58. The number of ether oxygens (including phenoxy) is 1. The van der Waals surface area contributed by atoms with Crippen molar-refractivity contribution in [1.82, 2.24) is 4.98 Å². The van der Waals surface area contributed by atoms with Gasteiger partial charge in [0.25, 0.3) is 0 Å². The predicted octanol–water partition coefficient (Wildman–Crippen LogP) is 2.28. The quantitative estimate of drug-likeness (QED) is 0.883. The second-order valence-electron chi connectivity index (χ2n) is 3.66. The van der Waals surface area contributed by atoms with Gasteiger partial charge >= 0.3 is 0 Å². The maximum Gasteiger partial charge on any atom is 0.165 e. The van der Waals surface area contributed by atoms with Crippen LogP contribution in [0.3, 0.4) is 0 Å². The van der Waals surface area contributed by atoms with Crippen molar-refractivity contribution < 1.29 is 9.13 Å². The Morgan fingerprint density at radius 3 is 2.71 bits per heavy atom. The van der Waals surface area contributed by atoms with Crippen LogP contribution in [0.2, 0.25) is 0 Å². The number of hydrogen-bond donors (Lipinski definition) is 1. The van der Waals surface area contributed by atoms with Crippen LogP contribution in [0, 0.1) is 5.82 Å². The van der Waals surface area contributed by atoms with Crippen LogP contribution in [0.15, 0.2) is 42.7 Å². The van der Waals surface area contributed by atoms with Gasteiger partial charge in [-0.3, -0.25) is 4.98 Å². The number of rotatable bonds is 3. The molecule has 0 aliphatic heterocycles. The molecule has 2 N–H and O–H groups in total. The number of hydrogen-bond acceptors (Lipinski definition) is 3. The number of nitrogens with two attached hydrogens (primary N) is 1. The summed E-state index contributed by atoms with van der Waals surface area (Å²) in [4.78, 5) is 3.99. The summed E-state index contributed by atoms with van der Waals surface area (Å²) < 4.78 is 18.4. The van der Waals surface area contributed by atoms with E-state index >= 15 is 0 Å². The van der Waals surface area contributed by atoms with Crippen LogP contribution in [0.5, 0.6) is 5.75 Å². The molecule has 0 bridgehead atoms. The molecular formula is C13H13FN2O. The summed E-state index contributed by atoms with van der Waals surface area (Å²) >= 11 is 0. The van der Waals surface area contributed by atoms with E-state index in [0.29, 0.717) is 5.56 Å². The zero-order valence-electron chi connectivity index (χ0n) is 9.43. The van der Waals surface area contributed by atoms with Gasteiger partial charge in [-0.25, -0.2) is 4.39 Å². The molecule has 4 heteroatoms. The average Bonchev–Trinajstić information content (AvgIpc) is 2.39. The first-order valence-electron chi connectivity index (χ1n) is 5.21. The lowest BCUT2D eigenvalue weighted by atomic mass is 10.0. The van der Waals surface area contributed by atoms with Crippen LogP contribution in [-0.4, -0.2) is 12.1 Å². The molecule has 0 aliphatic carbocycles. The summed E-state index contributed by atoms with van der Waals surface area (Å²) in [5, 5.41) is 0. The topological polar surface area (TPSA) is 48.1 Å². The van der Waals surface area contributed by atoms with Crippen molar-refractivity contribution >= 4 is 0 Å². The Labute approximate surface area is 99.1 Å². The molecule has 1 aromatic carbocycles. The minimum absolute atomic E-state index is 0.215. The molecule has 0 saturated heterocycles. The van der Waals surface area contributed by atoms with E-state index in [1.807, 2.05) is 6.07 Å². The van der Waals surface area contributed by atoms with Gasteiger partial charge in [0.15, 0.2) is 11.6 Å². The van der Waals surface area contributed by atoms with Crippen molar-refractivity contribution in [2.75, 3.05) is 7.11 Å². The van der Waals surface area contributed by atoms with Crippen molar-refractivity contribution in [2.45, 2.75) is 6.04 Å². The lowest BCUT2D eigenvalue weighted by Crippen LogP contribution is -2.12. The van der Waals surface area contributed by atoms with E-state index in [9.17, 15) is 4.39 Å². The van der Waals surface area contributed by atoms with Gasteiger partial charge in [0.2, 0.25) is 0 Å². The summed E-state index contributed by atoms with van der Waals surface area (Å²) in [7, 11) is 1.43. The average molecular weight is 232 g/mol. The molecule has 2 rings (SSSR count). The maximum absolute atomic E-state index is 13.5. The Morgan fingerprint density at radius 2 is 2.12 bits per heavy atom. The molecule has 1 unspecified atom stereocenters. The molecule has 1 atom stereocenters. The summed E-state index contributed by atoms with van der Waals surface area (Å²) in [6.07, 6.45) is 3.34. The van der Waals surface area contributed by atoms with Crippen molar-refractivity contribution in [3.63, 3.8) is 0 Å². The number of nitrogens with zero attached hydrogens (tertiary/aromatic N) is 1. The third-order valence-electron chi connectivity index (χ3n) is 2.58. The lowest BCUT2D eigenvalue weighted by Gasteiger charge is -2.13. The summed E-state index contributed by atoms with van der Waals surface area (Å²) in [6.45, 7) is 0. The molecule has 0 spiro atoms. The number of methoxy groups -OCH3 is 1. The molecule has 88 valence electrons. The van der Waals surface area contributed by atoms with E-state index < -0.39 is 5.82 Å². The van der Waals surface area contributed by atoms with Crippen LogP contribution >= 0.6 is 0 Å². The molecule has 0 aliphatic rings. The SMILES string of the molecule is COc1ccc(C(N)c2cccnc2)cc1F. The summed E-state index contributed by atoms with van der Waals surface area (Å²) in [6, 6.07) is 7.98. The van der Waals surface area contributed by atoms with Gasteiger partial charge in [-0.2, -0.15) is 0 Å².